The Morgan fingerprint density at radius 1 is 0.903 bits per heavy atom. The third kappa shape index (κ3) is 4.96. The van der Waals surface area contributed by atoms with E-state index in [1.807, 2.05) is 0 Å². The number of rotatable bonds is 8. The Kier molecular flexibility index (Phi) is 7.94. The van der Waals surface area contributed by atoms with Gasteiger partial charge in [-0.1, -0.05) is 0 Å². The molecule has 0 aromatic heterocycles. The molecular formula is C16H26O15. The summed E-state index contributed by atoms with van der Waals surface area (Å²) in [5.41, 5.74) is 0. The SMILES string of the molecule is O=C(O)C1(O)C[C@@H](O[C@]2(C(=O)O)C[C@@H](O)[C@@H](O)[C@@H]([C@H](O)CO)O2)[C@@H](O)[C@@H]([C@H](O)CO)O1. The minimum atomic E-state index is -3.07. The van der Waals surface area contributed by atoms with Gasteiger partial charge in [0.25, 0.3) is 11.6 Å². The number of hydrogen-bond donors (Lipinski definition) is 10. The average molecular weight is 458 g/mol. The molecule has 180 valence electrons. The quantitative estimate of drug-likeness (QED) is 0.162. The van der Waals surface area contributed by atoms with Crippen molar-refractivity contribution in [3.8, 4) is 0 Å². The lowest BCUT2D eigenvalue weighted by molar-refractivity contribution is -0.369. The van der Waals surface area contributed by atoms with Crippen LogP contribution in [0.15, 0.2) is 0 Å². The van der Waals surface area contributed by atoms with Crippen molar-refractivity contribution in [1.29, 1.82) is 0 Å². The van der Waals surface area contributed by atoms with Gasteiger partial charge in [-0.3, -0.25) is 0 Å². The molecule has 15 nitrogen and oxygen atoms in total. The molecule has 2 aliphatic rings. The van der Waals surface area contributed by atoms with Crippen molar-refractivity contribution in [2.45, 2.75) is 73.2 Å². The summed E-state index contributed by atoms with van der Waals surface area (Å²) < 4.78 is 15.2. The summed E-state index contributed by atoms with van der Waals surface area (Å²) in [6.07, 6.45) is -17.2. The summed E-state index contributed by atoms with van der Waals surface area (Å²) in [5.74, 6) is -9.83. The standard InChI is InChI=1S/C16H26O15/c17-3-6(20)11-9(22)5(19)1-16(31-11,14(26)27)29-8-2-15(28,13(24)25)30-12(10(8)23)7(21)4-18/h5-12,17-23,28H,1-4H2,(H,24,25)(H,26,27)/t5-,6-,7-,8-,9-,10-,11-,12-,15?,16-/m1/s1. The second kappa shape index (κ2) is 9.55. The average Bonchev–Trinajstić information content (AvgIpc) is 2.71. The van der Waals surface area contributed by atoms with Gasteiger partial charge in [0.2, 0.25) is 0 Å². The zero-order chi connectivity index (χ0) is 23.7. The van der Waals surface area contributed by atoms with Gasteiger partial charge in [-0.05, 0) is 0 Å². The Morgan fingerprint density at radius 2 is 1.42 bits per heavy atom. The highest BCUT2D eigenvalue weighted by Crippen LogP contribution is 2.38. The first-order chi connectivity index (χ1) is 14.3. The van der Waals surface area contributed by atoms with Crippen molar-refractivity contribution in [3.05, 3.63) is 0 Å². The first-order valence-electron chi connectivity index (χ1n) is 9.16. The first-order valence-corrected chi connectivity index (χ1v) is 9.16. The fraction of sp³-hybridized carbons (Fsp3) is 0.875. The molecule has 1 unspecified atom stereocenters. The Balaban J connectivity index is 2.41. The van der Waals surface area contributed by atoms with Crippen LogP contribution in [0.25, 0.3) is 0 Å². The van der Waals surface area contributed by atoms with E-state index < -0.39 is 98.4 Å². The van der Waals surface area contributed by atoms with Gasteiger partial charge in [-0.25, -0.2) is 9.59 Å². The number of carboxylic acid groups (broad SMARTS) is 2. The number of aliphatic hydroxyl groups excluding tert-OH is 7. The van der Waals surface area contributed by atoms with Crippen LogP contribution in [0.5, 0.6) is 0 Å². The number of ether oxygens (including phenoxy) is 3. The van der Waals surface area contributed by atoms with Gasteiger partial charge in [0.15, 0.2) is 0 Å². The second-order valence-corrected chi connectivity index (χ2v) is 7.43. The van der Waals surface area contributed by atoms with Crippen molar-refractivity contribution in [3.63, 3.8) is 0 Å². The number of carbonyl (C=O) groups is 2. The lowest BCUT2D eigenvalue weighted by Gasteiger charge is -2.48. The topological polar surface area (TPSA) is 264 Å². The van der Waals surface area contributed by atoms with Crippen LogP contribution in [0, 0.1) is 0 Å². The van der Waals surface area contributed by atoms with E-state index in [0.717, 1.165) is 0 Å². The van der Waals surface area contributed by atoms with Gasteiger partial charge in [0.05, 0.1) is 25.4 Å². The van der Waals surface area contributed by atoms with Gasteiger partial charge in [0, 0.05) is 12.8 Å². The minimum Gasteiger partial charge on any atom is -0.477 e. The normalized spacial score (nSPS) is 43.2. The zero-order valence-corrected chi connectivity index (χ0v) is 16.0. The summed E-state index contributed by atoms with van der Waals surface area (Å²) >= 11 is 0. The van der Waals surface area contributed by atoms with E-state index in [4.69, 9.17) is 24.4 Å². The molecule has 10 N–H and O–H groups in total. The molecule has 10 atom stereocenters. The largest absolute Gasteiger partial charge is 0.477 e. The zero-order valence-electron chi connectivity index (χ0n) is 16.0. The molecule has 0 amide bonds. The molecule has 2 saturated heterocycles. The molecule has 0 aliphatic carbocycles. The molecule has 0 aromatic carbocycles. The van der Waals surface area contributed by atoms with Gasteiger partial charge in [-0.2, -0.15) is 0 Å². The second-order valence-electron chi connectivity index (χ2n) is 7.43. The van der Waals surface area contributed by atoms with Crippen LogP contribution in [0.4, 0.5) is 0 Å². The van der Waals surface area contributed by atoms with Crippen LogP contribution < -0.4 is 0 Å². The maximum Gasteiger partial charge on any atom is 0.364 e. The molecule has 2 aliphatic heterocycles. The predicted octanol–water partition coefficient (Wildman–Crippen LogP) is -5.71. The van der Waals surface area contributed by atoms with Crippen LogP contribution in [0.3, 0.4) is 0 Å². The summed E-state index contributed by atoms with van der Waals surface area (Å²) in [4.78, 5) is 23.4. The van der Waals surface area contributed by atoms with E-state index in [1.165, 1.54) is 0 Å². The van der Waals surface area contributed by atoms with Gasteiger partial charge in [0.1, 0.15) is 36.6 Å². The molecular weight excluding hydrogens is 432 g/mol. The van der Waals surface area contributed by atoms with E-state index in [1.54, 1.807) is 0 Å². The molecule has 0 aromatic rings. The van der Waals surface area contributed by atoms with Crippen molar-refractivity contribution in [2.75, 3.05) is 13.2 Å². The van der Waals surface area contributed by atoms with Crippen LogP contribution in [-0.4, -0.2) is 137 Å². The van der Waals surface area contributed by atoms with Crippen molar-refractivity contribution >= 4 is 11.9 Å². The van der Waals surface area contributed by atoms with E-state index in [-0.39, 0.29) is 0 Å². The van der Waals surface area contributed by atoms with Crippen LogP contribution >= 0.6 is 0 Å². The number of carboxylic acids is 2. The lowest BCUT2D eigenvalue weighted by atomic mass is 9.90. The van der Waals surface area contributed by atoms with Crippen molar-refractivity contribution in [2.24, 2.45) is 0 Å². The summed E-state index contributed by atoms with van der Waals surface area (Å²) in [5, 5.41) is 97.4. The van der Waals surface area contributed by atoms with Crippen molar-refractivity contribution in [1.82, 2.24) is 0 Å². The highest BCUT2D eigenvalue weighted by molar-refractivity contribution is 5.76. The monoisotopic (exact) mass is 458 g/mol. The predicted molar refractivity (Wildman–Crippen MR) is 91.0 cm³/mol. The fourth-order valence-electron chi connectivity index (χ4n) is 3.48. The summed E-state index contributed by atoms with van der Waals surface area (Å²) in [7, 11) is 0. The van der Waals surface area contributed by atoms with E-state index in [9.17, 15) is 50.4 Å². The highest BCUT2D eigenvalue weighted by Gasteiger charge is 2.59. The van der Waals surface area contributed by atoms with E-state index in [2.05, 4.69) is 0 Å². The summed E-state index contributed by atoms with van der Waals surface area (Å²) in [6.45, 7) is -2.02. The van der Waals surface area contributed by atoms with Crippen LogP contribution in [0.1, 0.15) is 12.8 Å². The summed E-state index contributed by atoms with van der Waals surface area (Å²) in [6, 6.07) is 0. The molecule has 15 heteroatoms. The maximum atomic E-state index is 12.0. The third-order valence-electron chi connectivity index (χ3n) is 5.20. The lowest BCUT2D eigenvalue weighted by Crippen LogP contribution is -2.67. The molecule has 0 radical (unpaired) electrons. The molecule has 31 heavy (non-hydrogen) atoms. The maximum absolute atomic E-state index is 12.0. The fourth-order valence-corrected chi connectivity index (χ4v) is 3.48. The Hall–Kier alpha value is -1.50. The highest BCUT2D eigenvalue weighted by atomic mass is 16.7. The molecule has 0 spiro atoms. The smallest absolute Gasteiger partial charge is 0.364 e. The Labute approximate surface area is 174 Å². The third-order valence-corrected chi connectivity index (χ3v) is 5.20. The van der Waals surface area contributed by atoms with Crippen LogP contribution in [0.2, 0.25) is 0 Å². The number of aliphatic hydroxyl groups is 8. The van der Waals surface area contributed by atoms with Crippen LogP contribution in [-0.2, 0) is 23.8 Å². The first kappa shape index (κ1) is 25.8. The Morgan fingerprint density at radius 3 is 1.87 bits per heavy atom. The van der Waals surface area contributed by atoms with Gasteiger partial charge < -0.3 is 65.3 Å². The molecule has 2 rings (SSSR count). The molecule has 0 saturated carbocycles. The Bertz CT molecular complexity index is 659. The van der Waals surface area contributed by atoms with Gasteiger partial charge >= 0.3 is 11.9 Å². The molecule has 2 fully saturated rings. The van der Waals surface area contributed by atoms with E-state index in [0.29, 0.717) is 0 Å². The molecule has 0 bridgehead atoms. The van der Waals surface area contributed by atoms with E-state index >= 15 is 0 Å². The minimum absolute atomic E-state index is 0.957. The van der Waals surface area contributed by atoms with Gasteiger partial charge in [-0.15, -0.1) is 0 Å². The molecule has 2 heterocycles. The number of aliphatic carboxylic acids is 2. The van der Waals surface area contributed by atoms with Crippen molar-refractivity contribution < 1.29 is 74.9 Å². The number of hydrogen-bond acceptors (Lipinski definition) is 13.